The third-order valence-corrected chi connectivity index (χ3v) is 3.58. The first kappa shape index (κ1) is 16.2. The molecule has 0 bridgehead atoms. The molecule has 1 saturated heterocycles. The zero-order valence-corrected chi connectivity index (χ0v) is 12.4. The van der Waals surface area contributed by atoms with Crippen LogP contribution in [0.3, 0.4) is 0 Å². The van der Waals surface area contributed by atoms with Gasteiger partial charge in [-0.25, -0.2) is 4.79 Å². The fraction of sp³-hybridized carbons (Fsp3) is 0.929. The Morgan fingerprint density at radius 1 is 1.32 bits per heavy atom. The molecule has 2 amide bonds. The van der Waals surface area contributed by atoms with Crippen LogP contribution in [0.25, 0.3) is 0 Å². The number of urea groups is 1. The van der Waals surface area contributed by atoms with E-state index in [0.717, 1.165) is 52.0 Å². The predicted molar refractivity (Wildman–Crippen MR) is 77.2 cm³/mol. The molecule has 5 nitrogen and oxygen atoms in total. The van der Waals surface area contributed by atoms with Crippen molar-refractivity contribution in [2.75, 3.05) is 39.3 Å². The van der Waals surface area contributed by atoms with Crippen molar-refractivity contribution in [1.29, 1.82) is 0 Å². The predicted octanol–water partition coefficient (Wildman–Crippen LogP) is 1.27. The smallest absolute Gasteiger partial charge is 0.317 e. The van der Waals surface area contributed by atoms with E-state index in [-0.39, 0.29) is 18.7 Å². The number of amides is 2. The molecule has 0 spiro atoms. The van der Waals surface area contributed by atoms with Crippen LogP contribution in [0, 0.1) is 0 Å². The van der Waals surface area contributed by atoms with Crippen LogP contribution in [0.5, 0.6) is 0 Å². The summed E-state index contributed by atoms with van der Waals surface area (Å²) in [4.78, 5) is 16.5. The largest absolute Gasteiger partial charge is 0.396 e. The van der Waals surface area contributed by atoms with Crippen molar-refractivity contribution in [2.24, 2.45) is 0 Å². The summed E-state index contributed by atoms with van der Waals surface area (Å²) in [5, 5.41) is 11.8. The van der Waals surface area contributed by atoms with E-state index in [1.165, 1.54) is 6.42 Å². The van der Waals surface area contributed by atoms with Crippen molar-refractivity contribution in [3.8, 4) is 0 Å². The first-order chi connectivity index (χ1) is 9.17. The molecule has 1 unspecified atom stereocenters. The number of carbonyl (C=O) groups is 1. The van der Waals surface area contributed by atoms with Crippen LogP contribution in [0.2, 0.25) is 0 Å². The lowest BCUT2D eigenvalue weighted by atomic mass is 10.2. The number of aliphatic hydroxyl groups excluding tert-OH is 1. The topological polar surface area (TPSA) is 55.8 Å². The first-order valence-electron chi connectivity index (χ1n) is 7.56. The monoisotopic (exact) mass is 271 g/mol. The molecule has 1 aliphatic rings. The number of carbonyl (C=O) groups excluding carboxylic acids is 1. The lowest BCUT2D eigenvalue weighted by Gasteiger charge is -2.24. The van der Waals surface area contributed by atoms with Crippen molar-refractivity contribution in [2.45, 2.75) is 45.6 Å². The zero-order chi connectivity index (χ0) is 14.1. The summed E-state index contributed by atoms with van der Waals surface area (Å²) in [6, 6.07) is 0.179. The molecular weight excluding hydrogens is 242 g/mol. The van der Waals surface area contributed by atoms with Gasteiger partial charge in [0, 0.05) is 32.3 Å². The molecule has 0 aromatic heterocycles. The molecule has 0 radical (unpaired) electrons. The fourth-order valence-electron chi connectivity index (χ4n) is 2.49. The maximum absolute atomic E-state index is 12.1. The van der Waals surface area contributed by atoms with Gasteiger partial charge in [-0.3, -0.25) is 0 Å². The highest BCUT2D eigenvalue weighted by Gasteiger charge is 2.19. The molecule has 19 heavy (non-hydrogen) atoms. The summed E-state index contributed by atoms with van der Waals surface area (Å²) in [5.41, 5.74) is 0. The molecule has 0 saturated carbocycles. The minimum absolute atomic E-state index is 0.0452. The van der Waals surface area contributed by atoms with E-state index < -0.39 is 0 Å². The summed E-state index contributed by atoms with van der Waals surface area (Å²) < 4.78 is 0. The summed E-state index contributed by atoms with van der Waals surface area (Å²) in [6.45, 7) is 9.24. The number of aliphatic hydroxyl groups is 1. The summed E-state index contributed by atoms with van der Waals surface area (Å²) in [7, 11) is 0. The van der Waals surface area contributed by atoms with Gasteiger partial charge in [0.2, 0.25) is 0 Å². The molecule has 1 fully saturated rings. The molecule has 5 heteroatoms. The van der Waals surface area contributed by atoms with Crippen LogP contribution < -0.4 is 5.32 Å². The quantitative estimate of drug-likeness (QED) is 0.765. The summed E-state index contributed by atoms with van der Waals surface area (Å²) >= 11 is 0. The minimum atomic E-state index is 0.0452. The molecule has 1 atom stereocenters. The highest BCUT2D eigenvalue weighted by molar-refractivity contribution is 5.74. The average Bonchev–Trinajstić information content (AvgIpc) is 2.62. The van der Waals surface area contributed by atoms with Crippen LogP contribution in [0.15, 0.2) is 0 Å². The van der Waals surface area contributed by atoms with E-state index in [4.69, 9.17) is 5.11 Å². The Labute approximate surface area is 117 Å². The van der Waals surface area contributed by atoms with E-state index in [9.17, 15) is 4.79 Å². The van der Waals surface area contributed by atoms with Gasteiger partial charge in [0.05, 0.1) is 0 Å². The summed E-state index contributed by atoms with van der Waals surface area (Å²) in [6.07, 6.45) is 3.80. The third kappa shape index (κ3) is 6.25. The normalized spacial score (nSPS) is 19.0. The number of nitrogens with zero attached hydrogens (tertiary/aromatic N) is 2. The van der Waals surface area contributed by atoms with E-state index in [1.54, 1.807) is 0 Å². The van der Waals surface area contributed by atoms with Crippen LogP contribution >= 0.6 is 0 Å². The maximum Gasteiger partial charge on any atom is 0.317 e. The molecule has 1 aliphatic heterocycles. The SMILES string of the molecule is CCCN1CCCN(C(=O)NC(C)CCCO)CC1. The van der Waals surface area contributed by atoms with E-state index in [1.807, 2.05) is 11.8 Å². The molecule has 0 aromatic rings. The third-order valence-electron chi connectivity index (χ3n) is 3.58. The van der Waals surface area contributed by atoms with Crippen molar-refractivity contribution in [3.05, 3.63) is 0 Å². The number of hydrogen-bond acceptors (Lipinski definition) is 3. The maximum atomic E-state index is 12.1. The average molecular weight is 271 g/mol. The van der Waals surface area contributed by atoms with Gasteiger partial charge in [0.1, 0.15) is 0 Å². The van der Waals surface area contributed by atoms with Gasteiger partial charge in [-0.15, -0.1) is 0 Å². The molecule has 0 aliphatic carbocycles. The second-order valence-corrected chi connectivity index (χ2v) is 5.40. The summed E-state index contributed by atoms with van der Waals surface area (Å²) in [5.74, 6) is 0. The highest BCUT2D eigenvalue weighted by Crippen LogP contribution is 2.05. The van der Waals surface area contributed by atoms with Crippen molar-refractivity contribution in [1.82, 2.24) is 15.1 Å². The Hall–Kier alpha value is -0.810. The number of hydrogen-bond donors (Lipinski definition) is 2. The number of rotatable bonds is 6. The van der Waals surface area contributed by atoms with E-state index >= 15 is 0 Å². The highest BCUT2D eigenvalue weighted by atomic mass is 16.3. The molecule has 0 aromatic carbocycles. The van der Waals surface area contributed by atoms with Crippen LogP contribution in [0.1, 0.15) is 39.5 Å². The second-order valence-electron chi connectivity index (χ2n) is 5.40. The zero-order valence-electron chi connectivity index (χ0n) is 12.4. The Morgan fingerprint density at radius 2 is 2.11 bits per heavy atom. The van der Waals surface area contributed by atoms with E-state index in [2.05, 4.69) is 17.1 Å². The van der Waals surface area contributed by atoms with Crippen LogP contribution in [-0.2, 0) is 0 Å². The minimum Gasteiger partial charge on any atom is -0.396 e. The lowest BCUT2D eigenvalue weighted by Crippen LogP contribution is -2.45. The molecule has 1 heterocycles. The Bertz CT molecular complexity index is 261. The van der Waals surface area contributed by atoms with Gasteiger partial charge in [-0.05, 0) is 45.7 Å². The van der Waals surface area contributed by atoms with Crippen molar-refractivity contribution in [3.63, 3.8) is 0 Å². The molecule has 112 valence electrons. The van der Waals surface area contributed by atoms with Crippen LogP contribution in [-0.4, -0.2) is 66.3 Å². The lowest BCUT2D eigenvalue weighted by molar-refractivity contribution is 0.193. The van der Waals surface area contributed by atoms with Gasteiger partial charge < -0.3 is 20.2 Å². The van der Waals surface area contributed by atoms with Crippen LogP contribution in [0.4, 0.5) is 4.79 Å². The molecule has 1 rings (SSSR count). The van der Waals surface area contributed by atoms with Crippen molar-refractivity contribution >= 4 is 6.03 Å². The first-order valence-corrected chi connectivity index (χ1v) is 7.56. The fourth-order valence-corrected chi connectivity index (χ4v) is 2.49. The van der Waals surface area contributed by atoms with Gasteiger partial charge in [-0.2, -0.15) is 0 Å². The van der Waals surface area contributed by atoms with E-state index in [0.29, 0.717) is 0 Å². The van der Waals surface area contributed by atoms with Crippen molar-refractivity contribution < 1.29 is 9.90 Å². The van der Waals surface area contributed by atoms with Gasteiger partial charge >= 0.3 is 6.03 Å². The van der Waals surface area contributed by atoms with Gasteiger partial charge in [0.15, 0.2) is 0 Å². The second kappa shape index (κ2) is 9.15. The molecule has 2 N–H and O–H groups in total. The Morgan fingerprint density at radius 3 is 2.79 bits per heavy atom. The standard InChI is InChI=1S/C14H29N3O2/c1-3-7-16-8-5-9-17(11-10-16)14(19)15-13(2)6-4-12-18/h13,18H,3-12H2,1-2H3,(H,15,19). The Kier molecular flexibility index (Phi) is 7.82. The molecular formula is C14H29N3O2. The number of nitrogens with one attached hydrogen (secondary N) is 1. The van der Waals surface area contributed by atoms with Gasteiger partial charge in [-0.1, -0.05) is 6.92 Å². The Balaban J connectivity index is 2.32. The van der Waals surface area contributed by atoms with Gasteiger partial charge in [0.25, 0.3) is 0 Å².